The van der Waals surface area contributed by atoms with Gasteiger partial charge in [0, 0.05) is 11.1 Å². The molecule has 0 aliphatic carbocycles. The van der Waals surface area contributed by atoms with Crippen molar-refractivity contribution in [3.63, 3.8) is 0 Å². The molecular weight excluding hydrogens is 392 g/mol. The largest absolute Gasteiger partial charge is 0.507 e. The summed E-state index contributed by atoms with van der Waals surface area (Å²) in [5.74, 6) is 0.355. The van der Waals surface area contributed by atoms with Crippen molar-refractivity contribution < 1.29 is 24.5 Å². The highest BCUT2D eigenvalue weighted by Crippen LogP contribution is 2.26. The molecule has 0 bridgehead atoms. The molecule has 31 heavy (non-hydrogen) atoms. The normalized spacial score (nSPS) is 10.5. The standard InChI is InChI=1S/C26H18O5/c27-23-7-3-1-5-21(23)25(29)17-9-13-19(14-10-17)31-20-15-11-18(12-16-20)26(30)22-6-2-4-8-24(22)28/h1-16,27-28H. The van der Waals surface area contributed by atoms with Crippen molar-refractivity contribution in [3.8, 4) is 23.0 Å². The van der Waals surface area contributed by atoms with Gasteiger partial charge in [0.2, 0.25) is 0 Å². The van der Waals surface area contributed by atoms with Crippen LogP contribution in [0.1, 0.15) is 31.8 Å². The van der Waals surface area contributed by atoms with E-state index in [0.717, 1.165) is 0 Å². The van der Waals surface area contributed by atoms with Crippen LogP contribution in [0, 0.1) is 0 Å². The van der Waals surface area contributed by atoms with Gasteiger partial charge in [-0.1, -0.05) is 24.3 Å². The van der Waals surface area contributed by atoms with Crippen LogP contribution < -0.4 is 4.74 Å². The lowest BCUT2D eigenvalue weighted by molar-refractivity contribution is 0.102. The van der Waals surface area contributed by atoms with Gasteiger partial charge in [0.15, 0.2) is 11.6 Å². The third kappa shape index (κ3) is 4.31. The van der Waals surface area contributed by atoms with Crippen LogP contribution in [-0.2, 0) is 0 Å². The number of benzene rings is 4. The van der Waals surface area contributed by atoms with Crippen molar-refractivity contribution >= 4 is 11.6 Å². The van der Waals surface area contributed by atoms with E-state index >= 15 is 0 Å². The molecular formula is C26H18O5. The topological polar surface area (TPSA) is 83.8 Å². The van der Waals surface area contributed by atoms with Crippen LogP contribution in [-0.4, -0.2) is 21.8 Å². The predicted molar refractivity (Wildman–Crippen MR) is 116 cm³/mol. The SMILES string of the molecule is O=C(c1ccc(Oc2ccc(C(=O)c3ccccc3O)cc2)cc1)c1ccccc1O. The van der Waals surface area contributed by atoms with Crippen LogP contribution in [0.3, 0.4) is 0 Å². The molecule has 0 spiro atoms. The van der Waals surface area contributed by atoms with Gasteiger partial charge in [0.1, 0.15) is 23.0 Å². The fourth-order valence-electron chi connectivity index (χ4n) is 3.13. The van der Waals surface area contributed by atoms with Gasteiger partial charge >= 0.3 is 0 Å². The third-order valence-electron chi connectivity index (χ3n) is 4.77. The monoisotopic (exact) mass is 410 g/mol. The van der Waals surface area contributed by atoms with E-state index in [1.165, 1.54) is 12.1 Å². The Labute approximate surface area is 178 Å². The maximum atomic E-state index is 12.5. The minimum absolute atomic E-state index is 0.0636. The minimum Gasteiger partial charge on any atom is -0.507 e. The van der Waals surface area contributed by atoms with E-state index in [1.807, 2.05) is 0 Å². The molecule has 0 saturated heterocycles. The maximum Gasteiger partial charge on any atom is 0.196 e. The highest BCUT2D eigenvalue weighted by atomic mass is 16.5. The first-order valence-electron chi connectivity index (χ1n) is 9.56. The van der Waals surface area contributed by atoms with E-state index in [0.29, 0.717) is 22.6 Å². The summed E-state index contributed by atoms with van der Waals surface area (Å²) >= 11 is 0. The Morgan fingerprint density at radius 2 is 0.871 bits per heavy atom. The Morgan fingerprint density at radius 1 is 0.516 bits per heavy atom. The van der Waals surface area contributed by atoms with Crippen LogP contribution in [0.2, 0.25) is 0 Å². The second-order valence-electron chi connectivity index (χ2n) is 6.84. The molecule has 0 saturated carbocycles. The number of aromatic hydroxyl groups is 2. The number of ether oxygens (including phenoxy) is 1. The molecule has 0 unspecified atom stereocenters. The lowest BCUT2D eigenvalue weighted by atomic mass is 10.0. The summed E-state index contributed by atoms with van der Waals surface area (Å²) in [5, 5.41) is 19.7. The van der Waals surface area contributed by atoms with Gasteiger partial charge in [-0.2, -0.15) is 0 Å². The highest BCUT2D eigenvalue weighted by Gasteiger charge is 2.14. The molecule has 0 atom stereocenters. The molecule has 0 fully saturated rings. The highest BCUT2D eigenvalue weighted by molar-refractivity contribution is 6.11. The van der Waals surface area contributed by atoms with E-state index in [-0.39, 0.29) is 34.2 Å². The van der Waals surface area contributed by atoms with Crippen LogP contribution in [0.5, 0.6) is 23.0 Å². The lowest BCUT2D eigenvalue weighted by Crippen LogP contribution is -2.02. The van der Waals surface area contributed by atoms with Crippen LogP contribution >= 0.6 is 0 Å². The Bertz CT molecular complexity index is 1140. The molecule has 0 radical (unpaired) electrons. The predicted octanol–water partition coefficient (Wildman–Crippen LogP) is 5.35. The fourth-order valence-corrected chi connectivity index (χ4v) is 3.13. The summed E-state index contributed by atoms with van der Waals surface area (Å²) in [6.07, 6.45) is 0. The van der Waals surface area contributed by atoms with Crippen molar-refractivity contribution in [1.82, 2.24) is 0 Å². The molecule has 0 aliphatic rings. The lowest BCUT2D eigenvalue weighted by Gasteiger charge is -2.08. The van der Waals surface area contributed by atoms with E-state index in [9.17, 15) is 19.8 Å². The second-order valence-corrected chi connectivity index (χ2v) is 6.84. The molecule has 0 amide bonds. The molecule has 4 aromatic rings. The summed E-state index contributed by atoms with van der Waals surface area (Å²) < 4.78 is 5.79. The summed E-state index contributed by atoms with van der Waals surface area (Å²) in [6.45, 7) is 0. The second kappa shape index (κ2) is 8.55. The molecule has 5 heteroatoms. The Kier molecular flexibility index (Phi) is 5.49. The van der Waals surface area contributed by atoms with Gasteiger partial charge in [-0.15, -0.1) is 0 Å². The zero-order chi connectivity index (χ0) is 21.8. The van der Waals surface area contributed by atoms with Crippen LogP contribution in [0.4, 0.5) is 0 Å². The average molecular weight is 410 g/mol. The van der Waals surface area contributed by atoms with Gasteiger partial charge in [0.25, 0.3) is 0 Å². The summed E-state index contributed by atoms with van der Waals surface area (Å²) in [4.78, 5) is 25.1. The first-order chi connectivity index (χ1) is 15.0. The number of phenolic OH excluding ortho intramolecular Hbond substituents is 2. The summed E-state index contributed by atoms with van der Waals surface area (Å²) in [6, 6.07) is 25.9. The number of rotatable bonds is 6. The Morgan fingerprint density at radius 3 is 1.23 bits per heavy atom. The first kappa shape index (κ1) is 19.9. The number of carbonyl (C=O) groups is 2. The molecule has 4 rings (SSSR count). The molecule has 0 aliphatic heterocycles. The zero-order valence-electron chi connectivity index (χ0n) is 16.4. The third-order valence-corrected chi connectivity index (χ3v) is 4.77. The van der Waals surface area contributed by atoms with Crippen LogP contribution in [0.25, 0.3) is 0 Å². The zero-order valence-corrected chi connectivity index (χ0v) is 16.4. The number of phenols is 2. The van der Waals surface area contributed by atoms with Crippen molar-refractivity contribution in [3.05, 3.63) is 119 Å². The van der Waals surface area contributed by atoms with Crippen molar-refractivity contribution in [2.75, 3.05) is 0 Å². The molecule has 0 heterocycles. The first-order valence-corrected chi connectivity index (χ1v) is 9.56. The van der Waals surface area contributed by atoms with E-state index < -0.39 is 0 Å². The van der Waals surface area contributed by atoms with E-state index in [1.54, 1.807) is 84.9 Å². The average Bonchev–Trinajstić information content (AvgIpc) is 2.80. The van der Waals surface area contributed by atoms with Crippen molar-refractivity contribution in [2.24, 2.45) is 0 Å². The van der Waals surface area contributed by atoms with E-state index in [4.69, 9.17) is 4.74 Å². The molecule has 4 aromatic carbocycles. The molecule has 2 N–H and O–H groups in total. The van der Waals surface area contributed by atoms with Gasteiger partial charge < -0.3 is 14.9 Å². The smallest absolute Gasteiger partial charge is 0.196 e. The van der Waals surface area contributed by atoms with Gasteiger partial charge in [-0.3, -0.25) is 9.59 Å². The summed E-state index contributed by atoms with van der Waals surface area (Å²) in [7, 11) is 0. The maximum absolute atomic E-state index is 12.5. The minimum atomic E-state index is -0.281. The van der Waals surface area contributed by atoms with Crippen molar-refractivity contribution in [2.45, 2.75) is 0 Å². The van der Waals surface area contributed by atoms with Crippen LogP contribution in [0.15, 0.2) is 97.1 Å². The molecule has 5 nitrogen and oxygen atoms in total. The number of ketones is 2. The van der Waals surface area contributed by atoms with Crippen molar-refractivity contribution in [1.29, 1.82) is 0 Å². The molecule has 152 valence electrons. The molecule has 0 aromatic heterocycles. The van der Waals surface area contributed by atoms with Gasteiger partial charge in [-0.05, 0) is 72.8 Å². The quantitative estimate of drug-likeness (QED) is 0.419. The number of hydrogen-bond donors (Lipinski definition) is 2. The van der Waals surface area contributed by atoms with Gasteiger partial charge in [-0.25, -0.2) is 0 Å². The summed E-state index contributed by atoms with van der Waals surface area (Å²) in [5.41, 5.74) is 1.33. The number of carbonyl (C=O) groups excluding carboxylic acids is 2. The fraction of sp³-hybridized carbons (Fsp3) is 0. The van der Waals surface area contributed by atoms with Gasteiger partial charge in [0.05, 0.1) is 11.1 Å². The Balaban J connectivity index is 1.46. The number of hydrogen-bond acceptors (Lipinski definition) is 5. The number of para-hydroxylation sites is 2. The van der Waals surface area contributed by atoms with E-state index in [2.05, 4.69) is 0 Å². The Hall–Kier alpha value is -4.38.